The number of hydrogen-bond acceptors (Lipinski definition) is 2. The van der Waals surface area contributed by atoms with E-state index in [1.807, 2.05) is 23.1 Å². The summed E-state index contributed by atoms with van der Waals surface area (Å²) in [5.41, 5.74) is 3.47. The van der Waals surface area contributed by atoms with Crippen LogP contribution in [0.3, 0.4) is 0 Å². The van der Waals surface area contributed by atoms with Gasteiger partial charge in [-0.05, 0) is 29.7 Å². The highest BCUT2D eigenvalue weighted by atomic mass is 32.2. The molecule has 0 unspecified atom stereocenters. The molecule has 1 aliphatic rings. The van der Waals surface area contributed by atoms with E-state index < -0.39 is 0 Å². The van der Waals surface area contributed by atoms with Crippen LogP contribution in [0, 0.1) is 0 Å². The first-order valence-electron chi connectivity index (χ1n) is 6.87. The molecule has 3 rings (SSSR count). The lowest BCUT2D eigenvalue weighted by molar-refractivity contribution is -0.115. The Morgan fingerprint density at radius 3 is 2.45 bits per heavy atom. The number of amides is 1. The second-order valence-corrected chi connectivity index (χ2v) is 5.93. The smallest absolute Gasteiger partial charge is 0.238 e. The minimum absolute atomic E-state index is 0.0937. The van der Waals surface area contributed by atoms with Crippen LogP contribution in [0.1, 0.15) is 23.4 Å². The van der Waals surface area contributed by atoms with Gasteiger partial charge in [0.2, 0.25) is 5.91 Å². The number of thioether (sulfide) groups is 1. The summed E-state index contributed by atoms with van der Waals surface area (Å²) in [4.78, 5) is 14.1. The van der Waals surface area contributed by atoms with E-state index in [4.69, 9.17) is 0 Å². The molecule has 1 aliphatic heterocycles. The Morgan fingerprint density at radius 1 is 1.10 bits per heavy atom. The van der Waals surface area contributed by atoms with E-state index in [1.54, 1.807) is 11.8 Å². The van der Waals surface area contributed by atoms with Gasteiger partial charge in [-0.3, -0.25) is 9.69 Å². The zero-order valence-corrected chi connectivity index (χ0v) is 12.3. The van der Waals surface area contributed by atoms with Crippen molar-refractivity contribution in [2.24, 2.45) is 0 Å². The van der Waals surface area contributed by atoms with Crippen LogP contribution in [0.2, 0.25) is 0 Å². The largest absolute Gasteiger partial charge is 0.295 e. The molecule has 2 aromatic rings. The topological polar surface area (TPSA) is 20.3 Å². The van der Waals surface area contributed by atoms with E-state index >= 15 is 0 Å². The number of anilines is 1. The van der Waals surface area contributed by atoms with Crippen molar-refractivity contribution in [3.8, 4) is 0 Å². The van der Waals surface area contributed by atoms with Crippen LogP contribution in [0.25, 0.3) is 0 Å². The van der Waals surface area contributed by atoms with Gasteiger partial charge in [0.25, 0.3) is 0 Å². The van der Waals surface area contributed by atoms with E-state index in [9.17, 15) is 4.79 Å². The highest BCUT2D eigenvalue weighted by Gasteiger charge is 2.33. The summed E-state index contributed by atoms with van der Waals surface area (Å²) in [6.07, 6.45) is 1.02. The summed E-state index contributed by atoms with van der Waals surface area (Å²) < 4.78 is 0. The summed E-state index contributed by atoms with van der Waals surface area (Å²) in [7, 11) is 0. The molecule has 2 aromatic carbocycles. The average Bonchev–Trinajstić information content (AvgIpc) is 2.90. The second kappa shape index (κ2) is 5.71. The maximum Gasteiger partial charge on any atom is 0.238 e. The highest BCUT2D eigenvalue weighted by Crippen LogP contribution is 2.41. The van der Waals surface area contributed by atoms with Gasteiger partial charge in [0, 0.05) is 5.69 Å². The molecular formula is C17H17NOS. The van der Waals surface area contributed by atoms with Crippen LogP contribution in [0.5, 0.6) is 0 Å². The fourth-order valence-corrected chi connectivity index (χ4v) is 3.64. The number of benzene rings is 2. The van der Waals surface area contributed by atoms with Crippen molar-refractivity contribution >= 4 is 23.4 Å². The van der Waals surface area contributed by atoms with E-state index in [0.29, 0.717) is 5.75 Å². The lowest BCUT2D eigenvalue weighted by atomic mass is 10.1. The number of rotatable bonds is 3. The van der Waals surface area contributed by atoms with Crippen LogP contribution < -0.4 is 4.90 Å². The first-order valence-corrected chi connectivity index (χ1v) is 7.92. The quantitative estimate of drug-likeness (QED) is 0.847. The summed E-state index contributed by atoms with van der Waals surface area (Å²) in [6, 6.07) is 18.5. The monoisotopic (exact) mass is 283 g/mol. The third-order valence-electron chi connectivity index (χ3n) is 3.58. The Bertz CT molecular complexity index is 594. The first kappa shape index (κ1) is 13.3. The Labute approximate surface area is 123 Å². The number of aryl methyl sites for hydroxylation is 1. The lowest BCUT2D eigenvalue weighted by Crippen LogP contribution is -2.27. The van der Waals surface area contributed by atoms with Crippen molar-refractivity contribution in [1.82, 2.24) is 0 Å². The molecule has 0 radical (unpaired) electrons. The molecule has 0 aromatic heterocycles. The number of carbonyl (C=O) groups is 1. The Morgan fingerprint density at radius 2 is 1.80 bits per heavy atom. The average molecular weight is 283 g/mol. The van der Waals surface area contributed by atoms with Crippen LogP contribution in [-0.4, -0.2) is 11.7 Å². The fraction of sp³-hybridized carbons (Fsp3) is 0.235. The maximum atomic E-state index is 12.2. The van der Waals surface area contributed by atoms with Gasteiger partial charge < -0.3 is 0 Å². The molecule has 0 aliphatic carbocycles. The van der Waals surface area contributed by atoms with Crippen molar-refractivity contribution in [3.63, 3.8) is 0 Å². The molecule has 1 atom stereocenters. The van der Waals surface area contributed by atoms with Gasteiger partial charge in [0.15, 0.2) is 0 Å². The number of nitrogens with zero attached hydrogens (tertiary/aromatic N) is 1. The van der Waals surface area contributed by atoms with Gasteiger partial charge in [-0.15, -0.1) is 11.8 Å². The van der Waals surface area contributed by atoms with Crippen LogP contribution in [-0.2, 0) is 11.2 Å². The van der Waals surface area contributed by atoms with E-state index in [-0.39, 0.29) is 11.3 Å². The van der Waals surface area contributed by atoms with Gasteiger partial charge in [-0.1, -0.05) is 49.4 Å². The molecule has 3 heteroatoms. The van der Waals surface area contributed by atoms with Gasteiger partial charge in [-0.25, -0.2) is 0 Å². The summed E-state index contributed by atoms with van der Waals surface area (Å²) in [6.45, 7) is 2.14. The summed E-state index contributed by atoms with van der Waals surface area (Å²) in [5, 5.41) is 0.0937. The minimum Gasteiger partial charge on any atom is -0.295 e. The molecule has 102 valence electrons. The standard InChI is InChI=1S/C17H17NOS/c1-2-13-8-10-15(11-9-13)18-16(19)12-20-17(18)14-6-4-3-5-7-14/h3-11,17H,2,12H2,1H3/t17-/m0/s1. The molecule has 1 saturated heterocycles. The van der Waals surface area contributed by atoms with Gasteiger partial charge in [0.1, 0.15) is 5.37 Å². The maximum absolute atomic E-state index is 12.2. The van der Waals surface area contributed by atoms with E-state index in [1.165, 1.54) is 11.1 Å². The Hall–Kier alpha value is -1.74. The molecule has 1 fully saturated rings. The zero-order valence-electron chi connectivity index (χ0n) is 11.5. The molecule has 2 nitrogen and oxygen atoms in total. The van der Waals surface area contributed by atoms with Crippen molar-refractivity contribution in [3.05, 3.63) is 65.7 Å². The molecule has 0 spiro atoms. The summed E-state index contributed by atoms with van der Waals surface area (Å²) in [5.74, 6) is 0.739. The third kappa shape index (κ3) is 2.46. The van der Waals surface area contributed by atoms with E-state index in [0.717, 1.165) is 12.1 Å². The Balaban J connectivity index is 1.94. The number of hydrogen-bond donors (Lipinski definition) is 0. The van der Waals surface area contributed by atoms with Crippen LogP contribution in [0.4, 0.5) is 5.69 Å². The van der Waals surface area contributed by atoms with Crippen LogP contribution in [0.15, 0.2) is 54.6 Å². The van der Waals surface area contributed by atoms with Gasteiger partial charge >= 0.3 is 0 Å². The van der Waals surface area contributed by atoms with E-state index in [2.05, 4.69) is 43.3 Å². The zero-order chi connectivity index (χ0) is 13.9. The molecule has 0 bridgehead atoms. The minimum atomic E-state index is 0.0937. The predicted octanol–water partition coefficient (Wildman–Crippen LogP) is 4.03. The fourth-order valence-electron chi connectivity index (χ4n) is 2.46. The normalized spacial score (nSPS) is 18.6. The van der Waals surface area contributed by atoms with Crippen molar-refractivity contribution in [2.45, 2.75) is 18.7 Å². The molecule has 20 heavy (non-hydrogen) atoms. The SMILES string of the molecule is CCc1ccc(N2C(=O)CS[C@H]2c2ccccc2)cc1. The Kier molecular flexibility index (Phi) is 3.79. The second-order valence-electron chi connectivity index (χ2n) is 4.86. The third-order valence-corrected chi connectivity index (χ3v) is 4.79. The molecular weight excluding hydrogens is 266 g/mol. The first-order chi connectivity index (χ1) is 9.79. The lowest BCUT2D eigenvalue weighted by Gasteiger charge is -2.24. The van der Waals surface area contributed by atoms with Crippen LogP contribution >= 0.6 is 11.8 Å². The van der Waals surface area contributed by atoms with Crippen molar-refractivity contribution in [1.29, 1.82) is 0 Å². The number of carbonyl (C=O) groups excluding carboxylic acids is 1. The molecule has 0 saturated carbocycles. The highest BCUT2D eigenvalue weighted by molar-refractivity contribution is 8.00. The predicted molar refractivity (Wildman–Crippen MR) is 84.9 cm³/mol. The molecule has 0 N–H and O–H groups in total. The van der Waals surface area contributed by atoms with Crippen molar-refractivity contribution in [2.75, 3.05) is 10.7 Å². The summed E-state index contributed by atoms with van der Waals surface area (Å²) >= 11 is 1.69. The molecule has 1 heterocycles. The van der Waals surface area contributed by atoms with Gasteiger partial charge in [0.05, 0.1) is 5.75 Å². The van der Waals surface area contributed by atoms with Crippen molar-refractivity contribution < 1.29 is 4.79 Å². The molecule has 1 amide bonds. The van der Waals surface area contributed by atoms with Gasteiger partial charge in [-0.2, -0.15) is 0 Å².